The standard InChI is InChI=1S/C15H14ClIO2/c1-18-14-6-7-15(12(8-14)9-16)19-10-11-2-4-13(17)5-3-11/h2-8H,9-10H2,1H3. The molecule has 2 rings (SSSR count). The number of halogens is 2. The van der Waals surface area contributed by atoms with Gasteiger partial charge in [-0.25, -0.2) is 0 Å². The van der Waals surface area contributed by atoms with Crippen LogP contribution in [0.25, 0.3) is 0 Å². The lowest BCUT2D eigenvalue weighted by molar-refractivity contribution is 0.303. The monoisotopic (exact) mass is 388 g/mol. The van der Waals surface area contributed by atoms with Crippen LogP contribution in [0.3, 0.4) is 0 Å². The molecule has 2 nitrogen and oxygen atoms in total. The Morgan fingerprint density at radius 2 is 1.84 bits per heavy atom. The average Bonchev–Trinajstić information content (AvgIpc) is 2.46. The lowest BCUT2D eigenvalue weighted by Gasteiger charge is -2.11. The van der Waals surface area contributed by atoms with Gasteiger partial charge in [0.1, 0.15) is 18.1 Å². The molecule has 0 N–H and O–H groups in total. The second-order valence-electron chi connectivity index (χ2n) is 4.02. The average molecular weight is 389 g/mol. The van der Waals surface area contributed by atoms with Crippen molar-refractivity contribution in [2.24, 2.45) is 0 Å². The molecule has 4 heteroatoms. The van der Waals surface area contributed by atoms with E-state index in [1.165, 1.54) is 3.57 Å². The van der Waals surface area contributed by atoms with Gasteiger partial charge in [-0.2, -0.15) is 0 Å². The van der Waals surface area contributed by atoms with Crippen molar-refractivity contribution in [3.63, 3.8) is 0 Å². The van der Waals surface area contributed by atoms with Crippen LogP contribution in [0.15, 0.2) is 42.5 Å². The van der Waals surface area contributed by atoms with Crippen LogP contribution in [0.4, 0.5) is 0 Å². The predicted molar refractivity (Wildman–Crippen MR) is 86.0 cm³/mol. The van der Waals surface area contributed by atoms with E-state index >= 15 is 0 Å². The third-order valence-corrected chi connectivity index (χ3v) is 3.73. The number of hydrogen-bond donors (Lipinski definition) is 0. The first-order valence-corrected chi connectivity index (χ1v) is 7.44. The van der Waals surface area contributed by atoms with E-state index in [-0.39, 0.29) is 0 Å². The molecule has 0 saturated heterocycles. The number of methoxy groups -OCH3 is 1. The Morgan fingerprint density at radius 1 is 1.11 bits per heavy atom. The normalized spacial score (nSPS) is 10.3. The van der Waals surface area contributed by atoms with E-state index < -0.39 is 0 Å². The summed E-state index contributed by atoms with van der Waals surface area (Å²) >= 11 is 8.21. The number of rotatable bonds is 5. The van der Waals surface area contributed by atoms with Crippen molar-refractivity contribution in [3.05, 3.63) is 57.2 Å². The highest BCUT2D eigenvalue weighted by Gasteiger charge is 2.05. The van der Waals surface area contributed by atoms with Crippen LogP contribution in [0.1, 0.15) is 11.1 Å². The molecule has 0 spiro atoms. The number of ether oxygens (including phenoxy) is 2. The molecule has 0 amide bonds. The Bertz CT molecular complexity index is 540. The van der Waals surface area contributed by atoms with Gasteiger partial charge in [-0.1, -0.05) is 12.1 Å². The van der Waals surface area contributed by atoms with Gasteiger partial charge in [-0.3, -0.25) is 0 Å². The first-order chi connectivity index (χ1) is 9.22. The quantitative estimate of drug-likeness (QED) is 0.550. The first kappa shape index (κ1) is 14.5. The Balaban J connectivity index is 2.08. The highest BCUT2D eigenvalue weighted by Crippen LogP contribution is 2.26. The summed E-state index contributed by atoms with van der Waals surface area (Å²) in [5.74, 6) is 1.99. The summed E-state index contributed by atoms with van der Waals surface area (Å²) in [7, 11) is 1.64. The van der Waals surface area contributed by atoms with Gasteiger partial charge >= 0.3 is 0 Å². The molecule has 0 bridgehead atoms. The smallest absolute Gasteiger partial charge is 0.124 e. The van der Waals surface area contributed by atoms with Crippen molar-refractivity contribution in [2.45, 2.75) is 12.5 Å². The van der Waals surface area contributed by atoms with Gasteiger partial charge in [0.15, 0.2) is 0 Å². The van der Waals surface area contributed by atoms with Crippen molar-refractivity contribution in [1.29, 1.82) is 0 Å². The number of alkyl halides is 1. The van der Waals surface area contributed by atoms with Crippen molar-refractivity contribution < 1.29 is 9.47 Å². The minimum absolute atomic E-state index is 0.402. The van der Waals surface area contributed by atoms with Crippen LogP contribution in [0.5, 0.6) is 11.5 Å². The van der Waals surface area contributed by atoms with E-state index in [1.54, 1.807) is 7.11 Å². The molecule has 0 aromatic heterocycles. The molecule has 0 aliphatic rings. The molecule has 0 fully saturated rings. The molecule has 2 aromatic carbocycles. The summed E-state index contributed by atoms with van der Waals surface area (Å²) in [5.41, 5.74) is 2.07. The van der Waals surface area contributed by atoms with Gasteiger partial charge in [-0.15, -0.1) is 11.6 Å². The molecule has 0 aliphatic heterocycles. The van der Waals surface area contributed by atoms with Gasteiger partial charge in [-0.05, 0) is 58.5 Å². The lowest BCUT2D eigenvalue weighted by Crippen LogP contribution is -1.98. The highest BCUT2D eigenvalue weighted by molar-refractivity contribution is 14.1. The Morgan fingerprint density at radius 3 is 2.47 bits per heavy atom. The molecule has 0 saturated carbocycles. The van der Waals surface area contributed by atoms with Crippen LogP contribution in [-0.4, -0.2) is 7.11 Å². The fourth-order valence-corrected chi connectivity index (χ4v) is 2.24. The summed E-state index contributed by atoms with van der Waals surface area (Å²) in [6.45, 7) is 0.535. The molecule has 19 heavy (non-hydrogen) atoms. The maximum absolute atomic E-state index is 5.93. The third-order valence-electron chi connectivity index (χ3n) is 2.72. The number of hydrogen-bond acceptors (Lipinski definition) is 2. The van der Waals surface area contributed by atoms with Crippen LogP contribution in [-0.2, 0) is 12.5 Å². The molecule has 0 heterocycles. The largest absolute Gasteiger partial charge is 0.497 e. The van der Waals surface area contributed by atoms with Crippen molar-refractivity contribution in [3.8, 4) is 11.5 Å². The maximum Gasteiger partial charge on any atom is 0.124 e. The fourth-order valence-electron chi connectivity index (χ4n) is 1.67. The zero-order chi connectivity index (χ0) is 13.7. The highest BCUT2D eigenvalue weighted by atomic mass is 127. The second kappa shape index (κ2) is 7.01. The van der Waals surface area contributed by atoms with Crippen LogP contribution < -0.4 is 9.47 Å². The van der Waals surface area contributed by atoms with E-state index in [9.17, 15) is 0 Å². The molecule has 0 radical (unpaired) electrons. The Kier molecular flexibility index (Phi) is 5.34. The first-order valence-electron chi connectivity index (χ1n) is 5.83. The molecule has 0 aliphatic carbocycles. The topological polar surface area (TPSA) is 18.5 Å². The van der Waals surface area contributed by atoms with Gasteiger partial charge in [0, 0.05) is 9.13 Å². The van der Waals surface area contributed by atoms with E-state index in [0.717, 1.165) is 22.6 Å². The zero-order valence-corrected chi connectivity index (χ0v) is 13.4. The molecule has 0 unspecified atom stereocenters. The van der Waals surface area contributed by atoms with Crippen LogP contribution in [0, 0.1) is 3.57 Å². The van der Waals surface area contributed by atoms with Crippen LogP contribution >= 0.6 is 34.2 Å². The summed E-state index contributed by atoms with van der Waals surface area (Å²) in [4.78, 5) is 0. The Hall–Kier alpha value is -0.940. The predicted octanol–water partition coefficient (Wildman–Crippen LogP) is 4.62. The van der Waals surface area contributed by atoms with Crippen molar-refractivity contribution in [1.82, 2.24) is 0 Å². The van der Waals surface area contributed by atoms with E-state index in [2.05, 4.69) is 46.9 Å². The molecule has 2 aromatic rings. The molecular formula is C15H14ClIO2. The summed E-state index contributed by atoms with van der Waals surface area (Å²) < 4.78 is 12.2. The molecule has 100 valence electrons. The Labute approximate surface area is 131 Å². The lowest BCUT2D eigenvalue weighted by atomic mass is 10.2. The van der Waals surface area contributed by atoms with Gasteiger partial charge in [0.25, 0.3) is 0 Å². The van der Waals surface area contributed by atoms with Gasteiger partial charge < -0.3 is 9.47 Å². The minimum Gasteiger partial charge on any atom is -0.497 e. The van der Waals surface area contributed by atoms with Gasteiger partial charge in [0.05, 0.1) is 13.0 Å². The minimum atomic E-state index is 0.402. The number of benzene rings is 2. The van der Waals surface area contributed by atoms with E-state index in [4.69, 9.17) is 21.1 Å². The van der Waals surface area contributed by atoms with Crippen LogP contribution in [0.2, 0.25) is 0 Å². The second-order valence-corrected chi connectivity index (χ2v) is 5.54. The van der Waals surface area contributed by atoms with E-state index in [0.29, 0.717) is 12.5 Å². The SMILES string of the molecule is COc1ccc(OCc2ccc(I)cc2)c(CCl)c1. The van der Waals surface area contributed by atoms with Gasteiger partial charge in [0.2, 0.25) is 0 Å². The zero-order valence-electron chi connectivity index (χ0n) is 10.5. The summed E-state index contributed by atoms with van der Waals surface area (Å²) in [5, 5.41) is 0. The summed E-state index contributed by atoms with van der Waals surface area (Å²) in [6, 6.07) is 13.9. The fraction of sp³-hybridized carbons (Fsp3) is 0.200. The van der Waals surface area contributed by atoms with E-state index in [1.807, 2.05) is 18.2 Å². The van der Waals surface area contributed by atoms with Crippen molar-refractivity contribution in [2.75, 3.05) is 7.11 Å². The molecule has 0 atom stereocenters. The van der Waals surface area contributed by atoms with Crippen molar-refractivity contribution >= 4 is 34.2 Å². The molecular weight excluding hydrogens is 375 g/mol. The summed E-state index contributed by atoms with van der Waals surface area (Å²) in [6.07, 6.45) is 0. The third kappa shape index (κ3) is 4.01. The maximum atomic E-state index is 5.93.